The van der Waals surface area contributed by atoms with Crippen LogP contribution in [-0.2, 0) is 24.6 Å². The van der Waals surface area contributed by atoms with Gasteiger partial charge in [-0.15, -0.1) is 0 Å². The number of nitrogens with two attached hydrogens (primary N) is 2. The number of unbranched alkanes of at least 4 members (excludes halogenated alkanes) is 1. The van der Waals surface area contributed by atoms with Gasteiger partial charge < -0.3 is 26.8 Å². The van der Waals surface area contributed by atoms with Crippen LogP contribution in [0.1, 0.15) is 80.3 Å². The molecule has 2 unspecified atom stereocenters. The number of aromatic hydroxyl groups is 1. The van der Waals surface area contributed by atoms with Crippen molar-refractivity contribution in [3.8, 4) is 5.75 Å². The van der Waals surface area contributed by atoms with E-state index in [1.54, 1.807) is 19.1 Å². The summed E-state index contributed by atoms with van der Waals surface area (Å²) in [6.45, 7) is 5.47. The third kappa shape index (κ3) is 4.19. The molecule has 1 aromatic carbocycles. The molecule has 0 saturated heterocycles. The molecule has 11 heteroatoms. The quantitative estimate of drug-likeness (QED) is 0.123. The van der Waals surface area contributed by atoms with Gasteiger partial charge in [0.25, 0.3) is 0 Å². The number of nitrogens with one attached hydrogen (secondary N) is 1. The number of ketones is 4. The molecule has 39 heavy (non-hydrogen) atoms. The van der Waals surface area contributed by atoms with E-state index in [0.29, 0.717) is 36.8 Å². The summed E-state index contributed by atoms with van der Waals surface area (Å²) < 4.78 is 0. The van der Waals surface area contributed by atoms with Crippen LogP contribution in [0.25, 0.3) is 0 Å². The first-order chi connectivity index (χ1) is 18.1. The Labute approximate surface area is 225 Å². The van der Waals surface area contributed by atoms with Crippen molar-refractivity contribution in [2.24, 2.45) is 35.1 Å². The zero-order valence-corrected chi connectivity index (χ0v) is 22.2. The van der Waals surface area contributed by atoms with E-state index in [1.807, 2.05) is 13.8 Å². The second-order valence-electron chi connectivity index (χ2n) is 11.8. The Morgan fingerprint density at radius 1 is 1.13 bits per heavy atom. The Bertz CT molecular complexity index is 1300. The normalized spacial score (nSPS) is 32.3. The van der Waals surface area contributed by atoms with Gasteiger partial charge in [-0.3, -0.25) is 29.4 Å². The molecule has 11 nitrogen and oxygen atoms in total. The smallest absolute Gasteiger partial charge is 0.235 e. The van der Waals surface area contributed by atoms with Crippen molar-refractivity contribution in [2.45, 2.75) is 75.9 Å². The minimum Gasteiger partial charge on any atom is -0.507 e. The highest BCUT2D eigenvalue weighted by Gasteiger charge is 2.69. The fraction of sp³-hybridized carbons (Fsp3) is 0.571. The van der Waals surface area contributed by atoms with E-state index < -0.39 is 82.2 Å². The van der Waals surface area contributed by atoms with E-state index in [1.165, 1.54) is 0 Å². The molecule has 3 aliphatic carbocycles. The summed E-state index contributed by atoms with van der Waals surface area (Å²) in [5, 5.41) is 41.4. The Balaban J connectivity index is 1.76. The fourth-order valence-electron chi connectivity index (χ4n) is 6.92. The Hall–Kier alpha value is -3.44. The average Bonchev–Trinajstić information content (AvgIpc) is 2.84. The topological polar surface area (TPSA) is 222 Å². The molecule has 8 N–H and O–H groups in total. The summed E-state index contributed by atoms with van der Waals surface area (Å²) in [5.41, 5.74) is 7.88. The van der Waals surface area contributed by atoms with Crippen LogP contribution in [0.5, 0.6) is 5.75 Å². The summed E-state index contributed by atoms with van der Waals surface area (Å²) in [4.78, 5) is 65.1. The fourth-order valence-corrected chi connectivity index (χ4v) is 6.92. The average molecular weight is 542 g/mol. The molecule has 210 valence electrons. The standard InChI is InChI=1S/C28H35N3O8/c1-11-12-7-8-13(27(2,3)9-5-4-6-16(29)30)21(33)18(12)23(35)20-17(11)22(34)14-10-15(32)19(26(31)38)24(36)28(14,39)25(20)37/h7-8,11,14,17,19-20,22,33-34,39H,4-6,9-10H2,1-3H3,(H3,29,30)(H2,31,38)/t11-,14+,17+,19?,20?,22+,28+/m0/s1. The summed E-state index contributed by atoms with van der Waals surface area (Å²) in [6, 6.07) is 3.39. The third-order valence-corrected chi connectivity index (χ3v) is 9.09. The third-order valence-electron chi connectivity index (χ3n) is 9.09. The number of carbonyl (C=O) groups excluding carboxylic acids is 5. The zero-order chi connectivity index (χ0) is 29.2. The van der Waals surface area contributed by atoms with Crippen LogP contribution in [0.2, 0.25) is 0 Å². The molecule has 0 aromatic heterocycles. The largest absolute Gasteiger partial charge is 0.507 e. The van der Waals surface area contributed by atoms with Gasteiger partial charge in [0, 0.05) is 30.2 Å². The number of amides is 1. The number of rotatable bonds is 7. The van der Waals surface area contributed by atoms with E-state index in [-0.39, 0.29) is 17.1 Å². The van der Waals surface area contributed by atoms with Gasteiger partial charge in [-0.2, -0.15) is 0 Å². The van der Waals surface area contributed by atoms with Crippen LogP contribution in [0, 0.1) is 29.1 Å². The van der Waals surface area contributed by atoms with Gasteiger partial charge in [0.05, 0.1) is 23.4 Å². The maximum atomic E-state index is 13.9. The number of aliphatic hydroxyl groups excluding tert-OH is 1. The maximum Gasteiger partial charge on any atom is 0.235 e. The van der Waals surface area contributed by atoms with Gasteiger partial charge in [-0.05, 0) is 29.7 Å². The van der Waals surface area contributed by atoms with Crippen molar-refractivity contribution < 1.29 is 39.3 Å². The number of phenolic OH excluding ortho intramolecular Hbond substituents is 1. The highest BCUT2D eigenvalue weighted by Crippen LogP contribution is 2.54. The van der Waals surface area contributed by atoms with E-state index >= 15 is 0 Å². The minimum atomic E-state index is -2.94. The molecule has 4 rings (SSSR count). The predicted molar refractivity (Wildman–Crippen MR) is 138 cm³/mol. The van der Waals surface area contributed by atoms with Gasteiger partial charge in [0.1, 0.15) is 5.75 Å². The Morgan fingerprint density at radius 2 is 1.77 bits per heavy atom. The van der Waals surface area contributed by atoms with Crippen molar-refractivity contribution in [3.05, 3.63) is 28.8 Å². The van der Waals surface area contributed by atoms with E-state index in [2.05, 4.69) is 0 Å². The number of aliphatic hydroxyl groups is 2. The number of primary amides is 1. The van der Waals surface area contributed by atoms with Crippen LogP contribution in [0.3, 0.4) is 0 Å². The van der Waals surface area contributed by atoms with Crippen molar-refractivity contribution in [1.29, 1.82) is 5.41 Å². The zero-order valence-electron chi connectivity index (χ0n) is 22.2. The minimum absolute atomic E-state index is 0.0877. The lowest BCUT2D eigenvalue weighted by Gasteiger charge is -2.53. The van der Waals surface area contributed by atoms with Crippen LogP contribution >= 0.6 is 0 Å². The number of phenols is 1. The number of Topliss-reactive ketones (excluding diaryl/α,β-unsaturated/α-hetero) is 4. The Kier molecular flexibility index (Phi) is 7.06. The Morgan fingerprint density at radius 3 is 2.36 bits per heavy atom. The van der Waals surface area contributed by atoms with Gasteiger partial charge in [0.2, 0.25) is 5.91 Å². The van der Waals surface area contributed by atoms with Crippen LogP contribution in [0.15, 0.2) is 12.1 Å². The van der Waals surface area contributed by atoms with Crippen molar-refractivity contribution in [2.75, 3.05) is 0 Å². The lowest BCUT2D eigenvalue weighted by molar-refractivity contribution is -0.189. The number of hydrogen-bond donors (Lipinski definition) is 6. The van der Waals surface area contributed by atoms with Crippen molar-refractivity contribution in [3.63, 3.8) is 0 Å². The van der Waals surface area contributed by atoms with Gasteiger partial charge >= 0.3 is 0 Å². The summed E-state index contributed by atoms with van der Waals surface area (Å²) >= 11 is 0. The maximum absolute atomic E-state index is 13.9. The van der Waals surface area contributed by atoms with Crippen LogP contribution in [-0.4, -0.2) is 61.9 Å². The molecule has 0 spiro atoms. The van der Waals surface area contributed by atoms with Crippen LogP contribution < -0.4 is 11.5 Å². The van der Waals surface area contributed by atoms with E-state index in [4.69, 9.17) is 16.9 Å². The lowest BCUT2D eigenvalue weighted by atomic mass is 9.50. The molecule has 3 aliphatic rings. The SMILES string of the molecule is C[C@H]1c2ccc(C(C)(C)CCCCC(=N)N)c(O)c2C(=O)C2C(=O)[C@]3(O)C(=O)C(C(N)=O)C(=O)C[C@@H]3[C@@H](O)[C@@H]21. The monoisotopic (exact) mass is 541 g/mol. The highest BCUT2D eigenvalue weighted by molar-refractivity contribution is 6.31. The van der Waals surface area contributed by atoms with E-state index in [0.717, 1.165) is 0 Å². The molecule has 2 saturated carbocycles. The van der Waals surface area contributed by atoms with E-state index in [9.17, 15) is 39.3 Å². The number of fused-ring (bicyclic) bond motifs is 3. The first-order valence-corrected chi connectivity index (χ1v) is 13.1. The molecule has 0 heterocycles. The number of carbonyl (C=O) groups is 5. The lowest BCUT2D eigenvalue weighted by Crippen LogP contribution is -2.72. The molecule has 0 radical (unpaired) electrons. The second-order valence-corrected chi connectivity index (χ2v) is 11.8. The molecule has 0 bridgehead atoms. The molecular weight excluding hydrogens is 506 g/mol. The van der Waals surface area contributed by atoms with Crippen LogP contribution in [0.4, 0.5) is 0 Å². The van der Waals surface area contributed by atoms with Crippen molar-refractivity contribution in [1.82, 2.24) is 0 Å². The predicted octanol–water partition coefficient (Wildman–Crippen LogP) is 0.633. The first kappa shape index (κ1) is 28.6. The highest BCUT2D eigenvalue weighted by atomic mass is 16.3. The first-order valence-electron chi connectivity index (χ1n) is 13.1. The summed E-state index contributed by atoms with van der Waals surface area (Å²) in [6.07, 6.45) is 0.227. The van der Waals surface area contributed by atoms with Crippen molar-refractivity contribution >= 4 is 34.9 Å². The number of hydrogen-bond acceptors (Lipinski definition) is 9. The molecule has 0 aliphatic heterocycles. The summed E-state index contributed by atoms with van der Waals surface area (Å²) in [5.74, 6) is -12.8. The summed E-state index contributed by atoms with van der Waals surface area (Å²) in [7, 11) is 0. The second kappa shape index (κ2) is 9.63. The number of amidine groups is 1. The molecule has 1 aromatic rings. The molecule has 7 atom stereocenters. The number of benzene rings is 1. The van der Waals surface area contributed by atoms with Gasteiger partial charge in [-0.1, -0.05) is 39.3 Å². The van der Waals surface area contributed by atoms with Gasteiger partial charge in [0.15, 0.2) is 34.7 Å². The molecular formula is C28H35N3O8. The van der Waals surface area contributed by atoms with Gasteiger partial charge in [-0.25, -0.2) is 0 Å². The molecule has 2 fully saturated rings. The molecule has 1 amide bonds.